The molecule has 1 rings (SSSR count). The summed E-state index contributed by atoms with van der Waals surface area (Å²) < 4.78 is 22.2. The maximum Gasteiger partial charge on any atom is 0.185 e. The van der Waals surface area contributed by atoms with E-state index in [-0.39, 0.29) is 10.8 Å². The molecule has 0 saturated carbocycles. The number of aliphatic hydroxyl groups is 1. The molecule has 0 fully saturated rings. The lowest BCUT2D eigenvalue weighted by Gasteiger charge is -1.95. The molecule has 0 aromatic carbocycles. The molecule has 1 aromatic rings. The Bertz CT molecular complexity index is 336. The van der Waals surface area contributed by atoms with E-state index in [9.17, 15) is 8.42 Å². The van der Waals surface area contributed by atoms with Gasteiger partial charge in [0.1, 0.15) is 4.21 Å². The number of hydrogen-bond donors (Lipinski definition) is 1. The molecular formula is C6H8O3S2. The van der Waals surface area contributed by atoms with Crippen molar-refractivity contribution in [2.75, 3.05) is 6.26 Å². The van der Waals surface area contributed by atoms with Crippen molar-refractivity contribution in [2.24, 2.45) is 0 Å². The summed E-state index contributed by atoms with van der Waals surface area (Å²) in [6, 6.07) is 1.61. The Hall–Kier alpha value is -0.390. The monoisotopic (exact) mass is 192 g/mol. The van der Waals surface area contributed by atoms with Crippen LogP contribution in [0.1, 0.15) is 5.56 Å². The largest absolute Gasteiger partial charge is 0.392 e. The van der Waals surface area contributed by atoms with Gasteiger partial charge in [0.25, 0.3) is 0 Å². The first kappa shape index (κ1) is 8.70. The van der Waals surface area contributed by atoms with Crippen LogP contribution >= 0.6 is 11.3 Å². The van der Waals surface area contributed by atoms with E-state index in [4.69, 9.17) is 5.11 Å². The lowest BCUT2D eigenvalue weighted by Crippen LogP contribution is -1.97. The third kappa shape index (κ3) is 1.79. The molecule has 1 aromatic heterocycles. The van der Waals surface area contributed by atoms with Gasteiger partial charge in [-0.1, -0.05) is 0 Å². The summed E-state index contributed by atoms with van der Waals surface area (Å²) in [5, 5.41) is 10.4. The first-order chi connectivity index (χ1) is 5.05. The Balaban J connectivity index is 3.24. The summed E-state index contributed by atoms with van der Waals surface area (Å²) in [5.41, 5.74) is 0.484. The molecule has 0 saturated heterocycles. The SMILES string of the molecule is CS(=O)(=O)c1sccc1CO. The fourth-order valence-corrected chi connectivity index (χ4v) is 2.88. The van der Waals surface area contributed by atoms with Gasteiger partial charge < -0.3 is 5.11 Å². The van der Waals surface area contributed by atoms with Gasteiger partial charge in [-0.3, -0.25) is 0 Å². The van der Waals surface area contributed by atoms with Crippen LogP contribution in [0, 0.1) is 0 Å². The van der Waals surface area contributed by atoms with Crippen LogP contribution in [0.3, 0.4) is 0 Å². The van der Waals surface area contributed by atoms with Crippen molar-refractivity contribution < 1.29 is 13.5 Å². The number of aliphatic hydroxyl groups excluding tert-OH is 1. The van der Waals surface area contributed by atoms with E-state index in [1.807, 2.05) is 0 Å². The molecule has 0 amide bonds. The fraction of sp³-hybridized carbons (Fsp3) is 0.333. The van der Waals surface area contributed by atoms with E-state index in [2.05, 4.69) is 0 Å². The number of sulfone groups is 1. The van der Waals surface area contributed by atoms with Crippen molar-refractivity contribution >= 4 is 21.2 Å². The van der Waals surface area contributed by atoms with Gasteiger partial charge in [0.05, 0.1) is 6.61 Å². The van der Waals surface area contributed by atoms with Gasteiger partial charge >= 0.3 is 0 Å². The van der Waals surface area contributed by atoms with Crippen LogP contribution in [0.4, 0.5) is 0 Å². The molecule has 3 nitrogen and oxygen atoms in total. The van der Waals surface area contributed by atoms with Crippen LogP contribution in [-0.4, -0.2) is 19.8 Å². The lowest BCUT2D eigenvalue weighted by molar-refractivity contribution is 0.279. The molecule has 5 heteroatoms. The van der Waals surface area contributed by atoms with Gasteiger partial charge in [0.2, 0.25) is 0 Å². The summed E-state index contributed by atoms with van der Waals surface area (Å²) in [4.78, 5) is 0. The molecule has 0 bridgehead atoms. The third-order valence-corrected chi connectivity index (χ3v) is 4.09. The highest BCUT2D eigenvalue weighted by Crippen LogP contribution is 2.21. The summed E-state index contributed by atoms with van der Waals surface area (Å²) in [7, 11) is -3.14. The maximum absolute atomic E-state index is 11.0. The average Bonchev–Trinajstić information content (AvgIpc) is 2.31. The molecule has 0 aliphatic rings. The van der Waals surface area contributed by atoms with E-state index in [1.165, 1.54) is 0 Å². The number of rotatable bonds is 2. The lowest BCUT2D eigenvalue weighted by atomic mass is 10.4. The standard InChI is InChI=1S/C6H8O3S2/c1-11(8,9)6-5(4-7)2-3-10-6/h2-3,7H,4H2,1H3. The van der Waals surface area contributed by atoms with Crippen molar-refractivity contribution in [1.82, 2.24) is 0 Å². The van der Waals surface area contributed by atoms with Gasteiger partial charge in [-0.2, -0.15) is 0 Å². The second-order valence-corrected chi connectivity index (χ2v) is 5.29. The van der Waals surface area contributed by atoms with Gasteiger partial charge in [-0.25, -0.2) is 8.42 Å². The van der Waals surface area contributed by atoms with E-state index >= 15 is 0 Å². The number of hydrogen-bond acceptors (Lipinski definition) is 4. The minimum absolute atomic E-state index is 0.216. The normalized spacial score (nSPS) is 11.8. The smallest absolute Gasteiger partial charge is 0.185 e. The average molecular weight is 192 g/mol. The molecule has 0 aliphatic heterocycles. The second-order valence-electron chi connectivity index (χ2n) is 2.16. The first-order valence-electron chi connectivity index (χ1n) is 2.93. The van der Waals surface area contributed by atoms with Crippen LogP contribution in [0.25, 0.3) is 0 Å². The van der Waals surface area contributed by atoms with Crippen LogP contribution in [-0.2, 0) is 16.4 Å². The van der Waals surface area contributed by atoms with Crippen LogP contribution in [0.5, 0.6) is 0 Å². The Morgan fingerprint density at radius 1 is 1.64 bits per heavy atom. The van der Waals surface area contributed by atoms with Crippen molar-refractivity contribution in [3.05, 3.63) is 17.0 Å². The summed E-state index contributed by atoms with van der Waals surface area (Å²) >= 11 is 1.13. The Morgan fingerprint density at radius 2 is 2.27 bits per heavy atom. The minimum atomic E-state index is -3.14. The topological polar surface area (TPSA) is 54.4 Å². The van der Waals surface area contributed by atoms with E-state index < -0.39 is 9.84 Å². The van der Waals surface area contributed by atoms with Gasteiger partial charge in [-0.05, 0) is 11.4 Å². The van der Waals surface area contributed by atoms with E-state index in [0.717, 1.165) is 17.6 Å². The van der Waals surface area contributed by atoms with E-state index in [1.54, 1.807) is 11.4 Å². The highest BCUT2D eigenvalue weighted by Gasteiger charge is 2.13. The highest BCUT2D eigenvalue weighted by atomic mass is 32.2. The Labute approximate surface area is 69.2 Å². The van der Waals surface area contributed by atoms with Crippen LogP contribution < -0.4 is 0 Å². The van der Waals surface area contributed by atoms with E-state index in [0.29, 0.717) is 5.56 Å². The fourth-order valence-electron chi connectivity index (χ4n) is 0.764. The van der Waals surface area contributed by atoms with Crippen LogP contribution in [0.15, 0.2) is 15.7 Å². The Morgan fingerprint density at radius 3 is 2.64 bits per heavy atom. The van der Waals surface area contributed by atoms with Gasteiger partial charge in [0, 0.05) is 11.8 Å². The predicted molar refractivity (Wildman–Crippen MR) is 43.4 cm³/mol. The zero-order valence-electron chi connectivity index (χ0n) is 5.94. The highest BCUT2D eigenvalue weighted by molar-refractivity contribution is 7.92. The predicted octanol–water partition coefficient (Wildman–Crippen LogP) is 0.644. The molecule has 62 valence electrons. The summed E-state index contributed by atoms with van der Waals surface area (Å²) in [6.07, 6.45) is 1.14. The van der Waals surface area contributed by atoms with Gasteiger partial charge in [-0.15, -0.1) is 11.3 Å². The minimum Gasteiger partial charge on any atom is -0.392 e. The third-order valence-electron chi connectivity index (χ3n) is 1.21. The molecule has 1 N–H and O–H groups in total. The second kappa shape index (κ2) is 2.92. The van der Waals surface area contributed by atoms with Crippen molar-refractivity contribution in [2.45, 2.75) is 10.8 Å². The molecule has 0 aliphatic carbocycles. The summed E-state index contributed by atoms with van der Waals surface area (Å²) in [5.74, 6) is 0. The first-order valence-corrected chi connectivity index (χ1v) is 5.70. The molecule has 0 spiro atoms. The zero-order valence-corrected chi connectivity index (χ0v) is 7.58. The Kier molecular flexibility index (Phi) is 2.31. The zero-order chi connectivity index (χ0) is 8.48. The van der Waals surface area contributed by atoms with Gasteiger partial charge in [0.15, 0.2) is 9.84 Å². The maximum atomic E-state index is 11.0. The molecule has 1 heterocycles. The van der Waals surface area contributed by atoms with Crippen molar-refractivity contribution in [3.63, 3.8) is 0 Å². The van der Waals surface area contributed by atoms with Crippen LogP contribution in [0.2, 0.25) is 0 Å². The molecule has 11 heavy (non-hydrogen) atoms. The molecular weight excluding hydrogens is 184 g/mol. The molecule has 0 unspecified atom stereocenters. The number of thiophene rings is 1. The molecule has 0 atom stereocenters. The summed E-state index contributed by atoms with van der Waals surface area (Å²) in [6.45, 7) is -0.216. The molecule has 0 radical (unpaired) electrons. The van der Waals surface area contributed by atoms with Crippen molar-refractivity contribution in [1.29, 1.82) is 0 Å². The van der Waals surface area contributed by atoms with Crippen molar-refractivity contribution in [3.8, 4) is 0 Å². The quantitative estimate of drug-likeness (QED) is 0.748.